The van der Waals surface area contributed by atoms with Crippen LogP contribution in [0.2, 0.25) is 0 Å². The third kappa shape index (κ3) is 6.17. The fourth-order valence-corrected chi connectivity index (χ4v) is 3.57. The van der Waals surface area contributed by atoms with Gasteiger partial charge in [-0.1, -0.05) is 33.1 Å². The minimum atomic E-state index is 0. The van der Waals surface area contributed by atoms with Crippen LogP contribution in [-0.4, -0.2) is 11.1 Å². The fourth-order valence-electron chi connectivity index (χ4n) is 3.57. The van der Waals surface area contributed by atoms with Crippen molar-refractivity contribution >= 4 is 0 Å². The molecule has 1 atom stereocenters. The number of unbranched alkanes of at least 4 members (excludes halogenated alkanes) is 1. The summed E-state index contributed by atoms with van der Waals surface area (Å²) >= 11 is 0. The van der Waals surface area contributed by atoms with Crippen molar-refractivity contribution in [1.82, 2.24) is 17.6 Å². The Bertz CT molecular complexity index is 208. The Hall–Kier alpha value is -0.120. The molecule has 112 valence electrons. The molecule has 0 aliphatic carbocycles. The molecule has 1 saturated heterocycles. The Morgan fingerprint density at radius 1 is 1.06 bits per heavy atom. The van der Waals surface area contributed by atoms with E-state index in [0.717, 1.165) is 11.8 Å². The van der Waals surface area contributed by atoms with Gasteiger partial charge in [-0.15, -0.1) is 0 Å². The quantitative estimate of drug-likeness (QED) is 0.684. The van der Waals surface area contributed by atoms with Gasteiger partial charge in [0.1, 0.15) is 0 Å². The van der Waals surface area contributed by atoms with Crippen LogP contribution in [0.15, 0.2) is 0 Å². The van der Waals surface area contributed by atoms with Crippen molar-refractivity contribution in [2.75, 3.05) is 0 Å². The molecule has 0 radical (unpaired) electrons. The van der Waals surface area contributed by atoms with Gasteiger partial charge in [0.2, 0.25) is 0 Å². The molecule has 1 aliphatic heterocycles. The van der Waals surface area contributed by atoms with E-state index in [1.165, 1.54) is 32.1 Å². The molecule has 0 spiro atoms. The third-order valence-corrected chi connectivity index (χ3v) is 4.04. The molecule has 18 heavy (non-hydrogen) atoms. The fraction of sp³-hybridized carbons (Fsp3) is 1.00. The van der Waals surface area contributed by atoms with E-state index < -0.39 is 0 Å². The average Bonchev–Trinajstić information content (AvgIpc) is 2.09. The largest absolute Gasteiger partial charge is 0.344 e. The Balaban J connectivity index is 0. The van der Waals surface area contributed by atoms with Gasteiger partial charge >= 0.3 is 0 Å². The van der Waals surface area contributed by atoms with Gasteiger partial charge in [-0.25, -0.2) is 0 Å². The van der Waals surface area contributed by atoms with Crippen LogP contribution in [-0.2, 0) is 0 Å². The van der Waals surface area contributed by atoms with Crippen molar-refractivity contribution in [2.45, 2.75) is 84.7 Å². The molecule has 1 aliphatic rings. The van der Waals surface area contributed by atoms with Gasteiger partial charge in [-0.05, 0) is 52.4 Å². The minimum Gasteiger partial charge on any atom is -0.344 e. The molecule has 1 heterocycles. The van der Waals surface area contributed by atoms with Crippen molar-refractivity contribution < 1.29 is 0 Å². The van der Waals surface area contributed by atoms with Crippen LogP contribution in [0.5, 0.6) is 0 Å². The van der Waals surface area contributed by atoms with Gasteiger partial charge in [0.25, 0.3) is 0 Å². The SMILES string of the molecule is CCCCC(C)C1CC(C)(C)NC(C)(C)C1.N.N. The van der Waals surface area contributed by atoms with Gasteiger partial charge in [0.15, 0.2) is 0 Å². The highest BCUT2D eigenvalue weighted by atomic mass is 15.0. The normalized spacial score (nSPS) is 23.7. The molecule has 3 nitrogen and oxygen atoms in total. The number of hydrogen-bond donors (Lipinski definition) is 3. The summed E-state index contributed by atoms with van der Waals surface area (Å²) in [7, 11) is 0. The Morgan fingerprint density at radius 3 is 1.89 bits per heavy atom. The lowest BCUT2D eigenvalue weighted by atomic mass is 9.70. The van der Waals surface area contributed by atoms with Crippen LogP contribution in [0, 0.1) is 11.8 Å². The summed E-state index contributed by atoms with van der Waals surface area (Å²) in [5.41, 5.74) is 0.625. The van der Waals surface area contributed by atoms with Crippen LogP contribution < -0.4 is 17.6 Å². The van der Waals surface area contributed by atoms with Gasteiger partial charge in [-0.2, -0.15) is 0 Å². The Kier molecular flexibility index (Phi) is 8.38. The molecule has 0 amide bonds. The first-order valence-corrected chi connectivity index (χ1v) is 7.05. The molecule has 3 heteroatoms. The smallest absolute Gasteiger partial charge is 0.0132 e. The Morgan fingerprint density at radius 2 is 1.50 bits per heavy atom. The number of piperidine rings is 1. The minimum absolute atomic E-state index is 0. The topological polar surface area (TPSA) is 82.0 Å². The predicted octanol–water partition coefficient (Wildman–Crippen LogP) is 4.69. The monoisotopic (exact) mass is 259 g/mol. The predicted molar refractivity (Wildman–Crippen MR) is 82.8 cm³/mol. The van der Waals surface area contributed by atoms with E-state index in [1.807, 2.05) is 0 Å². The van der Waals surface area contributed by atoms with Crippen molar-refractivity contribution in [1.29, 1.82) is 0 Å². The molecule has 0 saturated carbocycles. The molecule has 1 fully saturated rings. The van der Waals surface area contributed by atoms with Crippen LogP contribution in [0.3, 0.4) is 0 Å². The molecule has 0 aromatic rings. The highest BCUT2D eigenvalue weighted by Gasteiger charge is 2.39. The van der Waals surface area contributed by atoms with E-state index >= 15 is 0 Å². The summed E-state index contributed by atoms with van der Waals surface area (Å²) in [4.78, 5) is 0. The van der Waals surface area contributed by atoms with E-state index in [2.05, 4.69) is 46.9 Å². The lowest BCUT2D eigenvalue weighted by Crippen LogP contribution is -2.58. The third-order valence-electron chi connectivity index (χ3n) is 4.04. The molecule has 0 bridgehead atoms. The second kappa shape index (κ2) is 7.46. The van der Waals surface area contributed by atoms with Crippen LogP contribution in [0.1, 0.15) is 73.6 Å². The molecule has 7 N–H and O–H groups in total. The summed E-state index contributed by atoms with van der Waals surface area (Å²) in [5, 5.41) is 3.77. The lowest BCUT2D eigenvalue weighted by Gasteiger charge is -2.48. The second-order valence-corrected chi connectivity index (χ2v) is 7.18. The first-order valence-electron chi connectivity index (χ1n) is 7.05. The zero-order valence-corrected chi connectivity index (χ0v) is 13.6. The van der Waals surface area contributed by atoms with Gasteiger partial charge in [0, 0.05) is 11.1 Å². The molecule has 1 unspecified atom stereocenters. The lowest BCUT2D eigenvalue weighted by molar-refractivity contribution is 0.0940. The van der Waals surface area contributed by atoms with Crippen molar-refractivity contribution in [2.24, 2.45) is 11.8 Å². The standard InChI is InChI=1S/C15H31N.2H3N/c1-7-8-9-12(2)13-10-14(3,4)16-15(5,6)11-13;;/h12-13,16H,7-11H2,1-6H3;2*1H3. The van der Waals surface area contributed by atoms with Gasteiger partial charge < -0.3 is 17.6 Å². The Labute approximate surface area is 115 Å². The van der Waals surface area contributed by atoms with Crippen molar-refractivity contribution in [3.63, 3.8) is 0 Å². The van der Waals surface area contributed by atoms with E-state index in [4.69, 9.17) is 0 Å². The highest BCUT2D eigenvalue weighted by molar-refractivity contribution is 4.97. The molecular formula is C15H37N3. The average molecular weight is 259 g/mol. The summed E-state index contributed by atoms with van der Waals surface area (Å²) in [6, 6.07) is 0. The zero-order chi connectivity index (χ0) is 12.4. The maximum absolute atomic E-state index is 3.77. The maximum atomic E-state index is 3.77. The number of hydrogen-bond acceptors (Lipinski definition) is 3. The number of nitrogens with one attached hydrogen (secondary N) is 1. The zero-order valence-electron chi connectivity index (χ0n) is 13.6. The highest BCUT2D eigenvalue weighted by Crippen LogP contribution is 2.38. The molecule has 1 rings (SSSR count). The van der Waals surface area contributed by atoms with Crippen molar-refractivity contribution in [3.8, 4) is 0 Å². The van der Waals surface area contributed by atoms with Gasteiger partial charge in [0.05, 0.1) is 0 Å². The molecule has 0 aromatic heterocycles. The number of rotatable bonds is 4. The van der Waals surface area contributed by atoms with Crippen LogP contribution in [0.25, 0.3) is 0 Å². The maximum Gasteiger partial charge on any atom is 0.0132 e. The summed E-state index contributed by atoms with van der Waals surface area (Å²) < 4.78 is 0. The van der Waals surface area contributed by atoms with E-state index in [9.17, 15) is 0 Å². The second-order valence-electron chi connectivity index (χ2n) is 7.18. The van der Waals surface area contributed by atoms with E-state index in [-0.39, 0.29) is 12.3 Å². The molecule has 0 aromatic carbocycles. The van der Waals surface area contributed by atoms with Crippen LogP contribution in [0.4, 0.5) is 0 Å². The van der Waals surface area contributed by atoms with Gasteiger partial charge in [-0.3, -0.25) is 0 Å². The van der Waals surface area contributed by atoms with E-state index in [1.54, 1.807) is 0 Å². The van der Waals surface area contributed by atoms with Crippen LogP contribution >= 0.6 is 0 Å². The summed E-state index contributed by atoms with van der Waals surface area (Å²) in [6.07, 6.45) is 6.81. The first-order chi connectivity index (χ1) is 7.26. The molecular weight excluding hydrogens is 222 g/mol. The summed E-state index contributed by atoms with van der Waals surface area (Å²) in [5.74, 6) is 1.79. The first kappa shape index (κ1) is 20.2. The van der Waals surface area contributed by atoms with E-state index in [0.29, 0.717) is 11.1 Å². The van der Waals surface area contributed by atoms with Crippen molar-refractivity contribution in [3.05, 3.63) is 0 Å². The summed E-state index contributed by atoms with van der Waals surface area (Å²) in [6.45, 7) is 14.2.